The van der Waals surface area contributed by atoms with Gasteiger partial charge in [0.2, 0.25) is 0 Å². The molecule has 2 aliphatic rings. The summed E-state index contributed by atoms with van der Waals surface area (Å²) in [4.78, 5) is 2.38. The van der Waals surface area contributed by atoms with Crippen LogP contribution in [0.25, 0.3) is 0 Å². The Bertz CT molecular complexity index is 581. The lowest BCUT2D eigenvalue weighted by Crippen LogP contribution is -2.53. The fourth-order valence-electron chi connectivity index (χ4n) is 3.73. The van der Waals surface area contributed by atoms with E-state index in [-0.39, 0.29) is 23.5 Å². The van der Waals surface area contributed by atoms with E-state index in [4.69, 9.17) is 9.47 Å². The third-order valence-corrected chi connectivity index (χ3v) is 4.72. The van der Waals surface area contributed by atoms with E-state index in [1.807, 2.05) is 26.8 Å². The third kappa shape index (κ3) is 3.32. The zero-order valence-corrected chi connectivity index (χ0v) is 14.4. The number of nitrogens with zero attached hydrogens (tertiary/aromatic N) is 1. The summed E-state index contributed by atoms with van der Waals surface area (Å²) in [6, 6.07) is 3.87. The van der Waals surface area contributed by atoms with Crippen molar-refractivity contribution >= 4 is 0 Å². The van der Waals surface area contributed by atoms with E-state index < -0.39 is 6.10 Å². The molecule has 5 nitrogen and oxygen atoms in total. The van der Waals surface area contributed by atoms with E-state index in [1.165, 1.54) is 0 Å². The zero-order valence-electron chi connectivity index (χ0n) is 14.4. The van der Waals surface area contributed by atoms with Crippen LogP contribution < -0.4 is 4.74 Å². The van der Waals surface area contributed by atoms with Crippen molar-refractivity contribution in [3.05, 3.63) is 23.3 Å². The number of hydrogen-bond donors (Lipinski definition) is 2. The number of benzene rings is 1. The molecule has 1 aromatic rings. The van der Waals surface area contributed by atoms with Gasteiger partial charge in [0.15, 0.2) is 11.5 Å². The summed E-state index contributed by atoms with van der Waals surface area (Å²) in [5.41, 5.74) is 2.03. The molecule has 0 saturated carbocycles. The molecule has 1 saturated heterocycles. The summed E-state index contributed by atoms with van der Waals surface area (Å²) in [6.45, 7) is 7.70. The molecule has 128 valence electrons. The van der Waals surface area contributed by atoms with Crippen LogP contribution in [0.2, 0.25) is 0 Å². The van der Waals surface area contributed by atoms with Crippen molar-refractivity contribution < 1.29 is 19.7 Å². The molecule has 3 atom stereocenters. The summed E-state index contributed by atoms with van der Waals surface area (Å²) in [7, 11) is 1.56. The van der Waals surface area contributed by atoms with Gasteiger partial charge in [-0.25, -0.2) is 0 Å². The van der Waals surface area contributed by atoms with Gasteiger partial charge in [-0.1, -0.05) is 0 Å². The van der Waals surface area contributed by atoms with Crippen LogP contribution in [0.15, 0.2) is 12.1 Å². The van der Waals surface area contributed by atoms with Crippen LogP contribution in [0.3, 0.4) is 0 Å². The second-order valence-corrected chi connectivity index (χ2v) is 7.56. The average Bonchev–Trinajstić information content (AvgIpc) is 2.46. The lowest BCUT2D eigenvalue weighted by atomic mass is 9.84. The van der Waals surface area contributed by atoms with E-state index in [1.54, 1.807) is 13.2 Å². The number of phenolic OH excluding ortho intramolecular Hbond substituents is 1. The Morgan fingerprint density at radius 2 is 2.00 bits per heavy atom. The molecular weight excluding hydrogens is 294 g/mol. The van der Waals surface area contributed by atoms with Crippen LogP contribution in [0, 0.1) is 0 Å². The molecule has 0 aliphatic carbocycles. The first-order chi connectivity index (χ1) is 10.8. The molecule has 0 unspecified atom stereocenters. The van der Waals surface area contributed by atoms with Gasteiger partial charge in [-0.3, -0.25) is 4.90 Å². The van der Waals surface area contributed by atoms with Crippen molar-refractivity contribution in [1.82, 2.24) is 4.90 Å². The van der Waals surface area contributed by atoms with Crippen LogP contribution in [0.5, 0.6) is 11.5 Å². The monoisotopic (exact) mass is 321 g/mol. The topological polar surface area (TPSA) is 62.2 Å². The van der Waals surface area contributed by atoms with Crippen molar-refractivity contribution in [2.75, 3.05) is 20.2 Å². The number of rotatable bonds is 2. The van der Waals surface area contributed by atoms with Crippen LogP contribution in [0.4, 0.5) is 0 Å². The van der Waals surface area contributed by atoms with Crippen molar-refractivity contribution in [1.29, 1.82) is 0 Å². The maximum atomic E-state index is 10.5. The van der Waals surface area contributed by atoms with Crippen molar-refractivity contribution in [2.24, 2.45) is 0 Å². The minimum absolute atomic E-state index is 0.156. The van der Waals surface area contributed by atoms with Gasteiger partial charge in [0.05, 0.1) is 24.9 Å². The number of piperidine rings is 1. The van der Waals surface area contributed by atoms with E-state index in [0.717, 1.165) is 30.6 Å². The van der Waals surface area contributed by atoms with Gasteiger partial charge < -0.3 is 19.7 Å². The lowest BCUT2D eigenvalue weighted by Gasteiger charge is -2.46. The Labute approximate surface area is 137 Å². The summed E-state index contributed by atoms with van der Waals surface area (Å²) in [6.07, 6.45) is 0.886. The highest BCUT2D eigenvalue weighted by Crippen LogP contribution is 2.42. The molecule has 2 aliphatic heterocycles. The first-order valence-electron chi connectivity index (χ1n) is 8.28. The highest BCUT2D eigenvalue weighted by atomic mass is 16.5. The molecule has 2 N–H and O–H groups in total. The Kier molecular flexibility index (Phi) is 4.29. The Balaban J connectivity index is 1.85. The standard InChI is InChI=1S/C18H27NO4/c1-18(2,3)23-17-10-19-6-5-11-7-14(20)16(22-4)8-12(11)13(19)9-15(17)21/h7-8,13,15,17,20-21H,5-6,9-10H2,1-4H3/t13-,15-,17-/m1/s1. The fourth-order valence-corrected chi connectivity index (χ4v) is 3.73. The normalized spacial score (nSPS) is 28.1. The number of aliphatic hydroxyl groups excluding tert-OH is 1. The van der Waals surface area contributed by atoms with E-state index in [0.29, 0.717) is 12.2 Å². The predicted octanol–water partition coefficient (Wildman–Crippen LogP) is 2.25. The number of phenols is 1. The van der Waals surface area contributed by atoms with Crippen LogP contribution in [-0.2, 0) is 11.2 Å². The van der Waals surface area contributed by atoms with Crippen LogP contribution >= 0.6 is 0 Å². The molecule has 5 heteroatoms. The summed E-state index contributed by atoms with van der Waals surface area (Å²) >= 11 is 0. The Morgan fingerprint density at radius 1 is 1.26 bits per heavy atom. The van der Waals surface area contributed by atoms with E-state index in [2.05, 4.69) is 4.90 Å². The maximum absolute atomic E-state index is 10.5. The molecule has 0 radical (unpaired) electrons. The molecule has 23 heavy (non-hydrogen) atoms. The third-order valence-electron chi connectivity index (χ3n) is 4.72. The van der Waals surface area contributed by atoms with Crippen LogP contribution in [-0.4, -0.2) is 53.1 Å². The van der Waals surface area contributed by atoms with Crippen molar-refractivity contribution in [3.8, 4) is 11.5 Å². The summed E-state index contributed by atoms with van der Waals surface area (Å²) in [5, 5.41) is 20.5. The van der Waals surface area contributed by atoms with Gasteiger partial charge in [-0.2, -0.15) is 0 Å². The molecule has 2 heterocycles. The van der Waals surface area contributed by atoms with Gasteiger partial charge in [-0.05, 0) is 56.9 Å². The Morgan fingerprint density at radius 3 is 2.65 bits per heavy atom. The molecular formula is C18H27NO4. The van der Waals surface area contributed by atoms with Gasteiger partial charge in [-0.15, -0.1) is 0 Å². The highest BCUT2D eigenvalue weighted by molar-refractivity contribution is 5.48. The van der Waals surface area contributed by atoms with Gasteiger partial charge in [0, 0.05) is 19.1 Å². The second-order valence-electron chi connectivity index (χ2n) is 7.56. The maximum Gasteiger partial charge on any atom is 0.160 e. The van der Waals surface area contributed by atoms with Gasteiger partial charge >= 0.3 is 0 Å². The minimum atomic E-state index is -0.485. The molecule has 0 bridgehead atoms. The molecule has 0 spiro atoms. The summed E-state index contributed by atoms with van der Waals surface area (Å²) < 4.78 is 11.3. The number of hydrogen-bond acceptors (Lipinski definition) is 5. The highest BCUT2D eigenvalue weighted by Gasteiger charge is 2.40. The molecule has 0 aromatic heterocycles. The van der Waals surface area contributed by atoms with E-state index in [9.17, 15) is 10.2 Å². The van der Waals surface area contributed by atoms with Crippen LogP contribution in [0.1, 0.15) is 44.4 Å². The number of methoxy groups -OCH3 is 1. The number of fused-ring (bicyclic) bond motifs is 3. The average molecular weight is 321 g/mol. The first-order valence-corrected chi connectivity index (χ1v) is 8.28. The molecule has 1 fully saturated rings. The van der Waals surface area contributed by atoms with Gasteiger partial charge in [0.1, 0.15) is 0 Å². The number of aliphatic hydroxyl groups is 1. The molecule has 1 aromatic carbocycles. The lowest BCUT2D eigenvalue weighted by molar-refractivity contribution is -0.149. The quantitative estimate of drug-likeness (QED) is 0.875. The van der Waals surface area contributed by atoms with Crippen molar-refractivity contribution in [3.63, 3.8) is 0 Å². The molecule has 3 rings (SSSR count). The first kappa shape index (κ1) is 16.6. The fraction of sp³-hybridized carbons (Fsp3) is 0.667. The zero-order chi connectivity index (χ0) is 16.8. The SMILES string of the molecule is COc1cc2c(cc1O)CCN1C[C@@H](OC(C)(C)C)[C@H](O)C[C@H]21. The second kappa shape index (κ2) is 5.96. The number of aromatic hydroxyl groups is 1. The smallest absolute Gasteiger partial charge is 0.160 e. The predicted molar refractivity (Wildman–Crippen MR) is 87.9 cm³/mol. The summed E-state index contributed by atoms with van der Waals surface area (Å²) in [5.74, 6) is 0.679. The molecule has 0 amide bonds. The number of ether oxygens (including phenoxy) is 2. The largest absolute Gasteiger partial charge is 0.504 e. The van der Waals surface area contributed by atoms with Gasteiger partial charge in [0.25, 0.3) is 0 Å². The van der Waals surface area contributed by atoms with E-state index >= 15 is 0 Å². The Hall–Kier alpha value is -1.30. The minimum Gasteiger partial charge on any atom is -0.504 e. The van der Waals surface area contributed by atoms with Crippen molar-refractivity contribution in [2.45, 2.75) is 57.5 Å².